The summed E-state index contributed by atoms with van der Waals surface area (Å²) >= 11 is 1.66. The molecule has 1 aromatic heterocycles. The topological polar surface area (TPSA) is 48.0 Å². The fourth-order valence-electron chi connectivity index (χ4n) is 3.42. The third-order valence-corrected chi connectivity index (χ3v) is 5.77. The molecule has 3 rings (SSSR count). The number of aryl methyl sites for hydroxylation is 2. The van der Waals surface area contributed by atoms with Crippen molar-refractivity contribution in [2.75, 3.05) is 34.4 Å². The number of nitrogens with zero attached hydrogens (tertiary/aromatic N) is 1. The van der Waals surface area contributed by atoms with Crippen molar-refractivity contribution in [1.29, 1.82) is 0 Å². The lowest BCUT2D eigenvalue weighted by atomic mass is 9.97. The lowest BCUT2D eigenvalue weighted by Gasteiger charge is -2.28. The maximum atomic E-state index is 12.8. The number of carbonyl (C=O) groups is 1. The van der Waals surface area contributed by atoms with Crippen molar-refractivity contribution in [1.82, 2.24) is 4.90 Å². The zero-order valence-electron chi connectivity index (χ0n) is 16.4. The molecule has 1 amide bonds. The molecule has 0 spiro atoms. The number of amides is 1. The maximum Gasteiger partial charge on any atom is 0.255 e. The summed E-state index contributed by atoms with van der Waals surface area (Å²) in [6.45, 7) is 5.27. The second kappa shape index (κ2) is 8.05. The van der Waals surface area contributed by atoms with E-state index in [1.165, 1.54) is 0 Å². The van der Waals surface area contributed by atoms with Gasteiger partial charge in [0, 0.05) is 35.0 Å². The van der Waals surface area contributed by atoms with E-state index in [0.717, 1.165) is 32.9 Å². The van der Waals surface area contributed by atoms with E-state index < -0.39 is 0 Å². The molecule has 0 saturated carbocycles. The molecule has 0 N–H and O–H groups in total. The van der Waals surface area contributed by atoms with Gasteiger partial charge in [-0.2, -0.15) is 0 Å². The summed E-state index contributed by atoms with van der Waals surface area (Å²) in [5, 5.41) is 0. The van der Waals surface area contributed by atoms with E-state index in [9.17, 15) is 4.79 Å². The number of methoxy groups -OCH3 is 3. The van der Waals surface area contributed by atoms with Crippen LogP contribution in [-0.4, -0.2) is 45.2 Å². The van der Waals surface area contributed by atoms with Gasteiger partial charge in [0.15, 0.2) is 0 Å². The van der Waals surface area contributed by atoms with E-state index in [2.05, 4.69) is 6.08 Å². The van der Waals surface area contributed by atoms with Gasteiger partial charge in [0.1, 0.15) is 17.2 Å². The van der Waals surface area contributed by atoms with Crippen molar-refractivity contribution < 1.29 is 19.0 Å². The number of hydrogen-bond donors (Lipinski definition) is 0. The highest BCUT2D eigenvalue weighted by Crippen LogP contribution is 2.41. The highest BCUT2D eigenvalue weighted by atomic mass is 32.1. The molecule has 1 aromatic carbocycles. The Morgan fingerprint density at radius 1 is 1.04 bits per heavy atom. The minimum atomic E-state index is 0.0980. The predicted octanol–water partition coefficient (Wildman–Crippen LogP) is 4.32. The van der Waals surface area contributed by atoms with Gasteiger partial charge in [0.05, 0.1) is 32.5 Å². The molecule has 27 heavy (non-hydrogen) atoms. The van der Waals surface area contributed by atoms with Crippen LogP contribution in [0.15, 0.2) is 24.3 Å². The smallest absolute Gasteiger partial charge is 0.255 e. The Bertz CT molecular complexity index is 859. The van der Waals surface area contributed by atoms with Crippen LogP contribution in [0.5, 0.6) is 17.2 Å². The van der Waals surface area contributed by atoms with E-state index in [0.29, 0.717) is 30.3 Å². The summed E-state index contributed by atoms with van der Waals surface area (Å²) in [5.41, 5.74) is 2.86. The first-order chi connectivity index (χ1) is 13.0. The monoisotopic (exact) mass is 387 g/mol. The van der Waals surface area contributed by atoms with Gasteiger partial charge < -0.3 is 19.1 Å². The van der Waals surface area contributed by atoms with Crippen molar-refractivity contribution in [3.63, 3.8) is 0 Å². The third kappa shape index (κ3) is 3.81. The van der Waals surface area contributed by atoms with Gasteiger partial charge in [0.25, 0.3) is 5.91 Å². The molecular weight excluding hydrogens is 362 g/mol. The van der Waals surface area contributed by atoms with Gasteiger partial charge in [0.2, 0.25) is 0 Å². The van der Waals surface area contributed by atoms with Crippen LogP contribution in [0.4, 0.5) is 0 Å². The van der Waals surface area contributed by atoms with Crippen LogP contribution in [0.3, 0.4) is 0 Å². The average Bonchev–Trinajstić information content (AvgIpc) is 3.04. The van der Waals surface area contributed by atoms with Crippen LogP contribution in [0, 0.1) is 13.8 Å². The summed E-state index contributed by atoms with van der Waals surface area (Å²) in [4.78, 5) is 17.0. The van der Waals surface area contributed by atoms with Gasteiger partial charge in [-0.05, 0) is 31.9 Å². The summed E-state index contributed by atoms with van der Waals surface area (Å²) in [6, 6.07) is 5.69. The molecule has 0 atom stereocenters. The minimum absolute atomic E-state index is 0.0980. The first kappa shape index (κ1) is 19.3. The molecule has 144 valence electrons. The highest BCUT2D eigenvalue weighted by Gasteiger charge is 2.25. The Morgan fingerprint density at radius 3 is 2.15 bits per heavy atom. The van der Waals surface area contributed by atoms with E-state index in [-0.39, 0.29) is 5.91 Å². The molecule has 1 aliphatic heterocycles. The Kier molecular flexibility index (Phi) is 5.75. The zero-order valence-corrected chi connectivity index (χ0v) is 17.2. The van der Waals surface area contributed by atoms with E-state index in [1.807, 2.05) is 36.9 Å². The van der Waals surface area contributed by atoms with Gasteiger partial charge in [-0.1, -0.05) is 6.08 Å². The first-order valence-corrected chi connectivity index (χ1v) is 9.65. The lowest BCUT2D eigenvalue weighted by molar-refractivity contribution is 0.0772. The van der Waals surface area contributed by atoms with Gasteiger partial charge >= 0.3 is 0 Å². The Labute approximate surface area is 164 Å². The minimum Gasteiger partial charge on any atom is -0.496 e. The second-order valence-corrected chi connectivity index (χ2v) is 7.92. The fraction of sp³-hybridized carbons (Fsp3) is 0.381. The van der Waals surface area contributed by atoms with Gasteiger partial charge in [-0.3, -0.25) is 4.79 Å². The normalized spacial score (nSPS) is 14.0. The lowest BCUT2D eigenvalue weighted by Crippen LogP contribution is -2.34. The summed E-state index contributed by atoms with van der Waals surface area (Å²) in [6.07, 6.45) is 2.83. The van der Waals surface area contributed by atoms with E-state index >= 15 is 0 Å². The molecule has 0 fully saturated rings. The molecule has 2 heterocycles. The highest BCUT2D eigenvalue weighted by molar-refractivity contribution is 7.12. The largest absolute Gasteiger partial charge is 0.496 e. The van der Waals surface area contributed by atoms with Crippen molar-refractivity contribution in [3.05, 3.63) is 45.2 Å². The standard InChI is InChI=1S/C21H25NO4S/c1-13-10-17(14(2)27-13)21(23)22-8-6-15(7-9-22)20-18(25-4)11-16(24-3)12-19(20)26-5/h6,10-12H,7-9H2,1-5H3. The zero-order chi connectivity index (χ0) is 19.6. The quantitative estimate of drug-likeness (QED) is 0.767. The van der Waals surface area contributed by atoms with Crippen LogP contribution >= 0.6 is 11.3 Å². The number of ether oxygens (including phenoxy) is 3. The molecule has 5 nitrogen and oxygen atoms in total. The van der Waals surface area contributed by atoms with Crippen LogP contribution in [0.2, 0.25) is 0 Å². The predicted molar refractivity (Wildman–Crippen MR) is 108 cm³/mol. The number of carbonyl (C=O) groups excluding carboxylic acids is 1. The van der Waals surface area contributed by atoms with Crippen molar-refractivity contribution in [3.8, 4) is 17.2 Å². The maximum absolute atomic E-state index is 12.8. The van der Waals surface area contributed by atoms with Crippen LogP contribution in [0.1, 0.15) is 32.1 Å². The molecule has 6 heteroatoms. The Hall–Kier alpha value is -2.47. The van der Waals surface area contributed by atoms with Crippen LogP contribution in [-0.2, 0) is 0 Å². The summed E-state index contributed by atoms with van der Waals surface area (Å²) in [7, 11) is 4.89. The van der Waals surface area contributed by atoms with E-state index in [1.54, 1.807) is 32.7 Å². The van der Waals surface area contributed by atoms with Crippen molar-refractivity contribution in [2.24, 2.45) is 0 Å². The molecular formula is C21H25NO4S. The fourth-order valence-corrected chi connectivity index (χ4v) is 4.33. The van der Waals surface area contributed by atoms with Crippen LogP contribution in [0.25, 0.3) is 5.57 Å². The molecule has 2 aromatic rings. The third-order valence-electron chi connectivity index (χ3n) is 4.80. The molecule has 0 aliphatic carbocycles. The average molecular weight is 388 g/mol. The van der Waals surface area contributed by atoms with Gasteiger partial charge in [-0.25, -0.2) is 0 Å². The Morgan fingerprint density at radius 2 is 1.70 bits per heavy atom. The second-order valence-electron chi connectivity index (χ2n) is 6.46. The van der Waals surface area contributed by atoms with Crippen LogP contribution < -0.4 is 14.2 Å². The number of thiophene rings is 1. The number of rotatable bonds is 5. The molecule has 0 bridgehead atoms. The number of hydrogen-bond acceptors (Lipinski definition) is 5. The SMILES string of the molecule is COc1cc(OC)c(C2=CCN(C(=O)c3cc(C)sc3C)CC2)c(OC)c1. The Balaban J connectivity index is 1.87. The van der Waals surface area contributed by atoms with E-state index in [4.69, 9.17) is 14.2 Å². The molecule has 0 radical (unpaired) electrons. The summed E-state index contributed by atoms with van der Waals surface area (Å²) in [5.74, 6) is 2.20. The number of benzene rings is 1. The van der Waals surface area contributed by atoms with Crippen molar-refractivity contribution in [2.45, 2.75) is 20.3 Å². The molecule has 0 saturated heterocycles. The molecule has 0 unspecified atom stereocenters. The van der Waals surface area contributed by atoms with Gasteiger partial charge in [-0.15, -0.1) is 11.3 Å². The molecule has 1 aliphatic rings. The van der Waals surface area contributed by atoms with Crippen molar-refractivity contribution >= 4 is 22.8 Å². The first-order valence-electron chi connectivity index (χ1n) is 8.84. The summed E-state index contributed by atoms with van der Waals surface area (Å²) < 4.78 is 16.5.